The van der Waals surface area contributed by atoms with Crippen LogP contribution in [0.2, 0.25) is 0 Å². The van der Waals surface area contributed by atoms with Crippen molar-refractivity contribution in [2.45, 2.75) is 32.0 Å². The maximum Gasteiger partial charge on any atom is 0.262 e. The summed E-state index contributed by atoms with van der Waals surface area (Å²) in [5.41, 5.74) is 4.52. The minimum absolute atomic E-state index is 0.0301. The fourth-order valence-electron chi connectivity index (χ4n) is 5.66. The number of anilines is 2. The third kappa shape index (κ3) is 5.30. The minimum Gasteiger partial charge on any atom is -0.484 e. The summed E-state index contributed by atoms with van der Waals surface area (Å²) in [4.78, 5) is 32.7. The van der Waals surface area contributed by atoms with Gasteiger partial charge in [0.1, 0.15) is 11.9 Å². The average Bonchev–Trinajstić information content (AvgIpc) is 3.03. The molecule has 202 valence electrons. The van der Waals surface area contributed by atoms with E-state index < -0.39 is 0 Å². The third-order valence-corrected chi connectivity index (χ3v) is 7.68. The van der Waals surface area contributed by atoms with Crippen molar-refractivity contribution < 1.29 is 14.3 Å². The van der Waals surface area contributed by atoms with Crippen LogP contribution in [0.15, 0.2) is 109 Å². The Morgan fingerprint density at radius 1 is 0.750 bits per heavy atom. The lowest BCUT2D eigenvalue weighted by Crippen LogP contribution is -2.49. The molecule has 0 unspecified atom stereocenters. The van der Waals surface area contributed by atoms with E-state index in [4.69, 9.17) is 4.74 Å². The first-order chi connectivity index (χ1) is 19.7. The molecule has 4 aromatic carbocycles. The quantitative estimate of drug-likeness (QED) is 0.275. The fourth-order valence-corrected chi connectivity index (χ4v) is 5.66. The van der Waals surface area contributed by atoms with Gasteiger partial charge in [-0.25, -0.2) is 0 Å². The van der Waals surface area contributed by atoms with Gasteiger partial charge in [0.25, 0.3) is 11.8 Å². The molecule has 0 aliphatic carbocycles. The molecule has 2 aliphatic heterocycles. The lowest BCUT2D eigenvalue weighted by atomic mass is 9.99. The maximum absolute atomic E-state index is 14.0. The van der Waals surface area contributed by atoms with E-state index in [9.17, 15) is 9.59 Å². The van der Waals surface area contributed by atoms with Gasteiger partial charge in [-0.15, -0.1) is 0 Å². The number of para-hydroxylation sites is 2. The van der Waals surface area contributed by atoms with Gasteiger partial charge in [0, 0.05) is 25.3 Å². The van der Waals surface area contributed by atoms with Crippen molar-refractivity contribution in [2.75, 3.05) is 29.5 Å². The number of likely N-dealkylation sites (tertiary alicyclic amines) is 1. The largest absolute Gasteiger partial charge is 0.484 e. The lowest BCUT2D eigenvalue weighted by Gasteiger charge is -2.46. The minimum atomic E-state index is -0.381. The number of hydrogen-bond donors (Lipinski definition) is 0. The number of piperidine rings is 1. The molecule has 2 amide bonds. The Balaban J connectivity index is 1.34. The molecule has 0 saturated carbocycles. The molecule has 1 fully saturated rings. The van der Waals surface area contributed by atoms with Crippen molar-refractivity contribution in [1.29, 1.82) is 0 Å². The standard InChI is InChI=1S/C34H33N3O3/c38-32(35-22-10-3-11-23-35)25-40-29-20-18-27(19-21-29)33-36(24-26-12-4-1-5-13-26)31-17-9-8-16-30(31)34(39)37(33)28-14-6-2-7-15-28/h1-2,4-9,12-21,33H,3,10-11,22-25H2/t33-/m1/s1. The van der Waals surface area contributed by atoms with Gasteiger partial charge in [-0.05, 0) is 66.8 Å². The first kappa shape index (κ1) is 25.7. The Bertz CT molecular complexity index is 1450. The van der Waals surface area contributed by atoms with Crippen LogP contribution in [-0.2, 0) is 11.3 Å². The van der Waals surface area contributed by atoms with Crippen LogP contribution in [0.5, 0.6) is 5.75 Å². The molecule has 0 bridgehead atoms. The monoisotopic (exact) mass is 531 g/mol. The number of carbonyl (C=O) groups excluding carboxylic acids is 2. The fraction of sp³-hybridized carbons (Fsp3) is 0.235. The molecule has 0 aromatic heterocycles. The van der Waals surface area contributed by atoms with Gasteiger partial charge in [0.05, 0.1) is 11.3 Å². The molecule has 2 aliphatic rings. The Morgan fingerprint density at radius 2 is 1.40 bits per heavy atom. The number of hydrogen-bond acceptors (Lipinski definition) is 4. The highest BCUT2D eigenvalue weighted by atomic mass is 16.5. The highest BCUT2D eigenvalue weighted by Crippen LogP contribution is 2.42. The average molecular weight is 532 g/mol. The van der Waals surface area contributed by atoms with Gasteiger partial charge in [-0.3, -0.25) is 14.5 Å². The smallest absolute Gasteiger partial charge is 0.262 e. The van der Waals surface area contributed by atoms with Crippen molar-refractivity contribution in [3.8, 4) is 5.75 Å². The van der Waals surface area contributed by atoms with Gasteiger partial charge in [-0.2, -0.15) is 0 Å². The summed E-state index contributed by atoms with van der Waals surface area (Å²) in [7, 11) is 0. The predicted octanol–water partition coefficient (Wildman–Crippen LogP) is 6.44. The number of nitrogens with zero attached hydrogens (tertiary/aromatic N) is 3. The van der Waals surface area contributed by atoms with Crippen LogP contribution in [0, 0.1) is 0 Å². The Morgan fingerprint density at radius 3 is 2.12 bits per heavy atom. The second-order valence-electron chi connectivity index (χ2n) is 10.3. The number of rotatable bonds is 7. The van der Waals surface area contributed by atoms with Crippen LogP contribution in [0.3, 0.4) is 0 Å². The van der Waals surface area contributed by atoms with Crippen molar-refractivity contribution in [1.82, 2.24) is 4.90 Å². The maximum atomic E-state index is 14.0. The Hall–Kier alpha value is -4.58. The second-order valence-corrected chi connectivity index (χ2v) is 10.3. The lowest BCUT2D eigenvalue weighted by molar-refractivity contribution is -0.134. The van der Waals surface area contributed by atoms with Gasteiger partial charge in [-0.1, -0.05) is 72.8 Å². The summed E-state index contributed by atoms with van der Waals surface area (Å²) in [5, 5.41) is 0. The van der Waals surface area contributed by atoms with E-state index in [1.165, 1.54) is 6.42 Å². The summed E-state index contributed by atoms with van der Waals surface area (Å²) >= 11 is 0. The van der Waals surface area contributed by atoms with Gasteiger partial charge in [0.15, 0.2) is 6.61 Å². The molecule has 1 atom stereocenters. The third-order valence-electron chi connectivity index (χ3n) is 7.68. The first-order valence-electron chi connectivity index (χ1n) is 14.0. The highest BCUT2D eigenvalue weighted by molar-refractivity contribution is 6.12. The van der Waals surface area contributed by atoms with Crippen molar-refractivity contribution in [3.05, 3.63) is 126 Å². The molecular weight excluding hydrogens is 498 g/mol. The van der Waals surface area contributed by atoms with E-state index in [-0.39, 0.29) is 24.6 Å². The van der Waals surface area contributed by atoms with E-state index in [0.29, 0.717) is 17.9 Å². The van der Waals surface area contributed by atoms with E-state index >= 15 is 0 Å². The molecule has 0 N–H and O–H groups in total. The van der Waals surface area contributed by atoms with Crippen LogP contribution >= 0.6 is 0 Å². The highest BCUT2D eigenvalue weighted by Gasteiger charge is 2.39. The number of amides is 2. The molecule has 6 heteroatoms. The van der Waals surface area contributed by atoms with Gasteiger partial charge in [0.2, 0.25) is 0 Å². The normalized spacial score (nSPS) is 16.9. The molecule has 0 radical (unpaired) electrons. The predicted molar refractivity (Wildman–Crippen MR) is 157 cm³/mol. The van der Waals surface area contributed by atoms with Crippen LogP contribution < -0.4 is 14.5 Å². The molecule has 6 rings (SSSR count). The number of ether oxygens (including phenoxy) is 1. The first-order valence-corrected chi connectivity index (χ1v) is 14.0. The Kier molecular flexibility index (Phi) is 7.49. The van der Waals surface area contributed by atoms with Crippen LogP contribution in [-0.4, -0.2) is 36.4 Å². The van der Waals surface area contributed by atoms with E-state index in [2.05, 4.69) is 17.0 Å². The molecule has 40 heavy (non-hydrogen) atoms. The molecule has 1 saturated heterocycles. The Labute approximate surface area is 235 Å². The van der Waals surface area contributed by atoms with Crippen molar-refractivity contribution >= 4 is 23.2 Å². The number of benzene rings is 4. The van der Waals surface area contributed by atoms with Gasteiger partial charge < -0.3 is 14.5 Å². The zero-order chi connectivity index (χ0) is 27.3. The van der Waals surface area contributed by atoms with Crippen LogP contribution in [0.25, 0.3) is 0 Å². The zero-order valence-electron chi connectivity index (χ0n) is 22.5. The second kappa shape index (κ2) is 11.7. The van der Waals surface area contributed by atoms with Crippen LogP contribution in [0.4, 0.5) is 11.4 Å². The van der Waals surface area contributed by atoms with Gasteiger partial charge >= 0.3 is 0 Å². The number of carbonyl (C=O) groups is 2. The molecule has 6 nitrogen and oxygen atoms in total. The van der Waals surface area contributed by atoms with E-state index in [0.717, 1.165) is 48.4 Å². The van der Waals surface area contributed by atoms with Crippen molar-refractivity contribution in [2.24, 2.45) is 0 Å². The molecule has 4 aromatic rings. The SMILES string of the molecule is O=C(COc1ccc([C@@H]2N(Cc3ccccc3)c3ccccc3C(=O)N2c2ccccc2)cc1)N1CCCCC1. The van der Waals surface area contributed by atoms with E-state index in [1.54, 1.807) is 0 Å². The number of fused-ring (bicyclic) bond motifs is 1. The summed E-state index contributed by atoms with van der Waals surface area (Å²) in [6.45, 7) is 2.28. The summed E-state index contributed by atoms with van der Waals surface area (Å²) in [6.07, 6.45) is 2.91. The topological polar surface area (TPSA) is 53.1 Å². The molecule has 0 spiro atoms. The molecular formula is C34H33N3O3. The zero-order valence-corrected chi connectivity index (χ0v) is 22.5. The summed E-state index contributed by atoms with van der Waals surface area (Å²) in [6, 6.07) is 35.7. The summed E-state index contributed by atoms with van der Waals surface area (Å²) < 4.78 is 5.89. The molecule has 2 heterocycles. The van der Waals surface area contributed by atoms with E-state index in [1.807, 2.05) is 107 Å². The van der Waals surface area contributed by atoms with Crippen LogP contribution in [0.1, 0.15) is 46.9 Å². The van der Waals surface area contributed by atoms with Crippen molar-refractivity contribution in [3.63, 3.8) is 0 Å². The summed E-state index contributed by atoms with van der Waals surface area (Å²) in [5.74, 6) is 0.628.